The molecular formula is C14H11IN2O2. The van der Waals surface area contributed by atoms with Crippen molar-refractivity contribution >= 4 is 32.3 Å². The SMILES string of the molecule is N=C1OI(NC(=O)c2ccccc2)c2ccccc21. The molecule has 0 unspecified atom stereocenters. The van der Waals surface area contributed by atoms with Gasteiger partial charge in [0.25, 0.3) is 0 Å². The van der Waals surface area contributed by atoms with E-state index < -0.39 is 20.5 Å². The Hall–Kier alpha value is -1.89. The molecule has 0 saturated carbocycles. The number of amides is 1. The van der Waals surface area contributed by atoms with Crippen LogP contribution in [0, 0.1) is 8.98 Å². The molecule has 0 radical (unpaired) electrons. The van der Waals surface area contributed by atoms with Crippen LogP contribution < -0.4 is 3.53 Å². The average molecular weight is 366 g/mol. The maximum absolute atomic E-state index is 12.1. The predicted octanol–water partition coefficient (Wildman–Crippen LogP) is 2.98. The van der Waals surface area contributed by atoms with Crippen LogP contribution >= 0.6 is 20.5 Å². The van der Waals surface area contributed by atoms with E-state index in [1.54, 1.807) is 12.1 Å². The van der Waals surface area contributed by atoms with E-state index in [1.807, 2.05) is 42.5 Å². The second kappa shape index (κ2) is 5.00. The normalized spacial score (nSPS) is 14.7. The van der Waals surface area contributed by atoms with Crippen molar-refractivity contribution in [3.63, 3.8) is 0 Å². The Kier molecular flexibility index (Phi) is 3.20. The number of halogens is 1. The summed E-state index contributed by atoms with van der Waals surface area (Å²) in [5.41, 5.74) is 1.40. The second-order valence-corrected chi connectivity index (χ2v) is 7.49. The third-order valence-corrected chi connectivity index (χ3v) is 6.52. The first-order valence-corrected chi connectivity index (χ1v) is 8.72. The number of nitrogens with one attached hydrogen (secondary N) is 2. The van der Waals surface area contributed by atoms with Gasteiger partial charge < -0.3 is 0 Å². The van der Waals surface area contributed by atoms with Crippen molar-refractivity contribution < 1.29 is 7.86 Å². The van der Waals surface area contributed by atoms with E-state index in [9.17, 15) is 4.79 Å². The van der Waals surface area contributed by atoms with E-state index in [1.165, 1.54) is 0 Å². The molecular weight excluding hydrogens is 355 g/mol. The summed E-state index contributed by atoms with van der Waals surface area (Å²) in [6.45, 7) is 0. The van der Waals surface area contributed by atoms with Gasteiger partial charge in [0.2, 0.25) is 0 Å². The van der Waals surface area contributed by atoms with Gasteiger partial charge in [0.05, 0.1) is 0 Å². The fourth-order valence-corrected chi connectivity index (χ4v) is 5.31. The number of fused-ring (bicyclic) bond motifs is 1. The first-order chi connectivity index (χ1) is 9.25. The van der Waals surface area contributed by atoms with E-state index in [0.29, 0.717) is 5.56 Å². The van der Waals surface area contributed by atoms with Crippen molar-refractivity contribution in [2.75, 3.05) is 0 Å². The summed E-state index contributed by atoms with van der Waals surface area (Å²) in [7, 11) is 0. The van der Waals surface area contributed by atoms with Crippen molar-refractivity contribution in [1.82, 2.24) is 3.53 Å². The first kappa shape index (κ1) is 12.2. The Morgan fingerprint density at radius 1 is 1.05 bits per heavy atom. The third kappa shape index (κ3) is 2.33. The Morgan fingerprint density at radius 2 is 1.74 bits per heavy atom. The summed E-state index contributed by atoms with van der Waals surface area (Å²) >= 11 is -2.28. The van der Waals surface area contributed by atoms with Crippen molar-refractivity contribution in [3.8, 4) is 0 Å². The molecule has 1 heterocycles. The Balaban J connectivity index is 1.83. The molecule has 96 valence electrons. The minimum absolute atomic E-state index is 0.143. The fraction of sp³-hybridized carbons (Fsp3) is 0. The quantitative estimate of drug-likeness (QED) is 0.634. The molecule has 19 heavy (non-hydrogen) atoms. The summed E-state index contributed by atoms with van der Waals surface area (Å²) in [5, 5.41) is 7.78. The van der Waals surface area contributed by atoms with Crippen LogP contribution in [0.15, 0.2) is 54.6 Å². The molecule has 2 N–H and O–H groups in total. The predicted molar refractivity (Wildman–Crippen MR) is 81.0 cm³/mol. The number of carbonyl (C=O) groups excluding carboxylic acids is 1. The van der Waals surface area contributed by atoms with Crippen LogP contribution in [0.25, 0.3) is 0 Å². The van der Waals surface area contributed by atoms with Gasteiger partial charge in [0, 0.05) is 0 Å². The number of carbonyl (C=O) groups is 1. The summed E-state index contributed by atoms with van der Waals surface area (Å²) in [6.07, 6.45) is 0. The molecule has 4 nitrogen and oxygen atoms in total. The maximum atomic E-state index is 12.1. The van der Waals surface area contributed by atoms with E-state index in [4.69, 9.17) is 8.48 Å². The van der Waals surface area contributed by atoms with Crippen LogP contribution in [-0.4, -0.2) is 11.8 Å². The summed E-state index contributed by atoms with van der Waals surface area (Å²) in [6, 6.07) is 16.6. The van der Waals surface area contributed by atoms with Crippen LogP contribution in [0.3, 0.4) is 0 Å². The van der Waals surface area contributed by atoms with Crippen LogP contribution in [0.1, 0.15) is 15.9 Å². The van der Waals surface area contributed by atoms with E-state index in [2.05, 4.69) is 3.53 Å². The molecule has 3 rings (SSSR count). The van der Waals surface area contributed by atoms with Gasteiger partial charge >= 0.3 is 118 Å². The van der Waals surface area contributed by atoms with E-state index in [-0.39, 0.29) is 11.8 Å². The van der Waals surface area contributed by atoms with Crippen LogP contribution in [0.5, 0.6) is 0 Å². The zero-order valence-electron chi connectivity index (χ0n) is 9.89. The van der Waals surface area contributed by atoms with Gasteiger partial charge in [-0.05, 0) is 0 Å². The van der Waals surface area contributed by atoms with Crippen molar-refractivity contribution in [1.29, 1.82) is 5.41 Å². The number of hydrogen-bond acceptors (Lipinski definition) is 3. The van der Waals surface area contributed by atoms with Gasteiger partial charge in [-0.3, -0.25) is 0 Å². The number of hydrogen-bond donors (Lipinski definition) is 2. The molecule has 2 aromatic carbocycles. The van der Waals surface area contributed by atoms with E-state index >= 15 is 0 Å². The molecule has 0 bridgehead atoms. The molecule has 0 aliphatic carbocycles. The molecule has 0 aromatic heterocycles. The zero-order valence-corrected chi connectivity index (χ0v) is 12.0. The van der Waals surface area contributed by atoms with Crippen LogP contribution in [0.2, 0.25) is 0 Å². The molecule has 1 aliphatic rings. The summed E-state index contributed by atoms with van der Waals surface area (Å²) < 4.78 is 9.44. The van der Waals surface area contributed by atoms with Gasteiger partial charge in [-0.25, -0.2) is 0 Å². The molecule has 0 saturated heterocycles. The monoisotopic (exact) mass is 366 g/mol. The Labute approximate surface area is 118 Å². The standard InChI is InChI=1S/C14H11IN2O2/c16-13-11-8-4-5-9-12(11)15(19-13)17-14(18)10-6-2-1-3-7-10/h1-9,16H,(H,17,18). The topological polar surface area (TPSA) is 62.2 Å². The molecule has 0 fully saturated rings. The third-order valence-electron chi connectivity index (χ3n) is 2.67. The molecule has 2 aromatic rings. The first-order valence-electron chi connectivity index (χ1n) is 5.68. The zero-order chi connectivity index (χ0) is 13.2. The molecule has 1 amide bonds. The van der Waals surface area contributed by atoms with Gasteiger partial charge in [-0.2, -0.15) is 0 Å². The van der Waals surface area contributed by atoms with Crippen molar-refractivity contribution in [3.05, 3.63) is 69.3 Å². The summed E-state index contributed by atoms with van der Waals surface area (Å²) in [5.74, 6) is 0.0180. The Morgan fingerprint density at radius 3 is 2.53 bits per heavy atom. The van der Waals surface area contributed by atoms with Crippen molar-refractivity contribution in [2.45, 2.75) is 0 Å². The molecule has 0 spiro atoms. The van der Waals surface area contributed by atoms with Gasteiger partial charge in [0.15, 0.2) is 0 Å². The van der Waals surface area contributed by atoms with Gasteiger partial charge in [0.1, 0.15) is 0 Å². The van der Waals surface area contributed by atoms with Crippen LogP contribution in [-0.2, 0) is 3.07 Å². The fourth-order valence-electron chi connectivity index (χ4n) is 1.75. The molecule has 5 heteroatoms. The second-order valence-electron chi connectivity index (χ2n) is 3.92. The molecule has 0 atom stereocenters. The van der Waals surface area contributed by atoms with Gasteiger partial charge in [-0.1, -0.05) is 0 Å². The summed E-state index contributed by atoms with van der Waals surface area (Å²) in [4.78, 5) is 12.1. The average Bonchev–Trinajstić information content (AvgIpc) is 2.77. The van der Waals surface area contributed by atoms with Crippen molar-refractivity contribution in [2.24, 2.45) is 0 Å². The number of rotatable bonds is 2. The molecule has 1 aliphatic heterocycles. The minimum atomic E-state index is -2.28. The Bertz CT molecular complexity index is 643. The van der Waals surface area contributed by atoms with Crippen LogP contribution in [0.4, 0.5) is 0 Å². The number of benzene rings is 2. The van der Waals surface area contributed by atoms with E-state index in [0.717, 1.165) is 9.13 Å². The van der Waals surface area contributed by atoms with Gasteiger partial charge in [-0.15, -0.1) is 0 Å².